The van der Waals surface area contributed by atoms with Gasteiger partial charge in [-0.15, -0.1) is 0 Å². The number of nitrogens with one attached hydrogen (secondary N) is 1. The van der Waals surface area contributed by atoms with Crippen LogP contribution in [0.1, 0.15) is 10.5 Å². The van der Waals surface area contributed by atoms with Gasteiger partial charge in [0, 0.05) is 17.8 Å². The van der Waals surface area contributed by atoms with Crippen molar-refractivity contribution in [3.8, 4) is 17.1 Å². The molecule has 2 rings (SSSR count). The van der Waals surface area contributed by atoms with E-state index in [1.807, 2.05) is 6.07 Å². The van der Waals surface area contributed by atoms with E-state index in [0.717, 1.165) is 11.3 Å². The van der Waals surface area contributed by atoms with E-state index in [0.29, 0.717) is 17.9 Å². The maximum atomic E-state index is 10.5. The van der Waals surface area contributed by atoms with E-state index in [9.17, 15) is 4.79 Å². The molecule has 2 heterocycles. The van der Waals surface area contributed by atoms with E-state index < -0.39 is 0 Å². The number of aldehydes is 1. The summed E-state index contributed by atoms with van der Waals surface area (Å²) in [6.45, 7) is 0. The van der Waals surface area contributed by atoms with Crippen molar-refractivity contribution in [1.29, 1.82) is 0 Å². The quantitative estimate of drug-likeness (QED) is 0.763. The zero-order chi connectivity index (χ0) is 10.7. The number of hydrogen-bond donors (Lipinski definition) is 1. The second-order valence-electron chi connectivity index (χ2n) is 2.91. The molecule has 0 saturated heterocycles. The van der Waals surface area contributed by atoms with Crippen LogP contribution in [-0.4, -0.2) is 28.6 Å². The van der Waals surface area contributed by atoms with Gasteiger partial charge in [0.1, 0.15) is 5.69 Å². The number of aromatic nitrogens is 3. The highest BCUT2D eigenvalue weighted by Crippen LogP contribution is 2.20. The van der Waals surface area contributed by atoms with Crippen molar-refractivity contribution < 1.29 is 9.53 Å². The number of methoxy groups -OCH3 is 1. The van der Waals surface area contributed by atoms with E-state index in [-0.39, 0.29) is 0 Å². The molecule has 0 unspecified atom stereocenters. The van der Waals surface area contributed by atoms with Gasteiger partial charge in [-0.2, -0.15) is 5.10 Å². The van der Waals surface area contributed by atoms with Crippen molar-refractivity contribution in [2.45, 2.75) is 0 Å². The topological polar surface area (TPSA) is 67.9 Å². The summed E-state index contributed by atoms with van der Waals surface area (Å²) in [7, 11) is 1.55. The molecule has 0 aliphatic rings. The Balaban J connectivity index is 2.39. The van der Waals surface area contributed by atoms with Crippen molar-refractivity contribution in [3.63, 3.8) is 0 Å². The first-order chi connectivity index (χ1) is 7.33. The summed E-state index contributed by atoms with van der Waals surface area (Å²) in [5, 5.41) is 6.57. The highest BCUT2D eigenvalue weighted by Gasteiger charge is 2.04. The fourth-order valence-electron chi connectivity index (χ4n) is 1.23. The zero-order valence-electron chi connectivity index (χ0n) is 8.10. The van der Waals surface area contributed by atoms with Crippen LogP contribution >= 0.6 is 0 Å². The number of H-pyrrole nitrogens is 1. The Bertz CT molecular complexity index is 479. The lowest BCUT2D eigenvalue weighted by Gasteiger charge is -2.00. The molecule has 0 aromatic carbocycles. The molecule has 0 fully saturated rings. The number of aromatic amines is 1. The van der Waals surface area contributed by atoms with Crippen molar-refractivity contribution in [2.24, 2.45) is 0 Å². The second kappa shape index (κ2) is 3.91. The largest absolute Gasteiger partial charge is 0.481 e. The first-order valence-electron chi connectivity index (χ1n) is 4.34. The van der Waals surface area contributed by atoms with Gasteiger partial charge in [0.2, 0.25) is 5.88 Å². The lowest BCUT2D eigenvalue weighted by atomic mass is 10.2. The molecule has 15 heavy (non-hydrogen) atoms. The van der Waals surface area contributed by atoms with Crippen LogP contribution in [0.2, 0.25) is 0 Å². The van der Waals surface area contributed by atoms with E-state index in [1.54, 1.807) is 25.4 Å². The Morgan fingerprint density at radius 2 is 2.33 bits per heavy atom. The second-order valence-corrected chi connectivity index (χ2v) is 2.91. The molecule has 0 aliphatic carbocycles. The predicted molar refractivity (Wildman–Crippen MR) is 53.8 cm³/mol. The Kier molecular flexibility index (Phi) is 2.45. The molecule has 0 amide bonds. The third-order valence-electron chi connectivity index (χ3n) is 1.97. The van der Waals surface area contributed by atoms with Gasteiger partial charge in [0.05, 0.1) is 12.8 Å². The van der Waals surface area contributed by atoms with Crippen LogP contribution in [0.5, 0.6) is 5.88 Å². The van der Waals surface area contributed by atoms with Crippen molar-refractivity contribution in [1.82, 2.24) is 15.2 Å². The Labute approximate surface area is 86.1 Å². The lowest BCUT2D eigenvalue weighted by Crippen LogP contribution is -1.87. The third kappa shape index (κ3) is 1.85. The minimum atomic E-state index is 0.376. The summed E-state index contributed by atoms with van der Waals surface area (Å²) in [6, 6.07) is 5.24. The molecule has 0 atom stereocenters. The maximum absolute atomic E-state index is 10.5. The zero-order valence-corrected chi connectivity index (χ0v) is 8.10. The summed E-state index contributed by atoms with van der Waals surface area (Å²) < 4.78 is 4.99. The first-order valence-corrected chi connectivity index (χ1v) is 4.34. The van der Waals surface area contributed by atoms with E-state index in [2.05, 4.69) is 15.2 Å². The molecule has 5 heteroatoms. The number of hydrogen-bond acceptors (Lipinski definition) is 4. The minimum Gasteiger partial charge on any atom is -0.481 e. The Hall–Kier alpha value is -2.17. The molecule has 5 nitrogen and oxygen atoms in total. The molecule has 0 saturated carbocycles. The lowest BCUT2D eigenvalue weighted by molar-refractivity contribution is 0.111. The number of carbonyl (C=O) groups excluding carboxylic acids is 1. The van der Waals surface area contributed by atoms with Crippen LogP contribution in [0.25, 0.3) is 11.3 Å². The van der Waals surface area contributed by atoms with Gasteiger partial charge in [-0.1, -0.05) is 0 Å². The van der Waals surface area contributed by atoms with Crippen LogP contribution < -0.4 is 4.74 Å². The number of rotatable bonds is 3. The average molecular weight is 203 g/mol. The van der Waals surface area contributed by atoms with Gasteiger partial charge in [-0.3, -0.25) is 9.89 Å². The fraction of sp³-hybridized carbons (Fsp3) is 0.100. The molecular weight excluding hydrogens is 194 g/mol. The van der Waals surface area contributed by atoms with Gasteiger partial charge in [0.25, 0.3) is 0 Å². The van der Waals surface area contributed by atoms with Gasteiger partial charge >= 0.3 is 0 Å². The van der Waals surface area contributed by atoms with Crippen LogP contribution in [0.15, 0.2) is 24.4 Å². The smallest absolute Gasteiger partial charge is 0.213 e. The van der Waals surface area contributed by atoms with Crippen molar-refractivity contribution in [3.05, 3.63) is 30.1 Å². The van der Waals surface area contributed by atoms with E-state index >= 15 is 0 Å². The predicted octanol–water partition coefficient (Wildman–Crippen LogP) is 1.29. The van der Waals surface area contributed by atoms with Crippen molar-refractivity contribution >= 4 is 6.29 Å². The number of pyridine rings is 1. The fourth-order valence-corrected chi connectivity index (χ4v) is 1.23. The third-order valence-corrected chi connectivity index (χ3v) is 1.97. The summed E-state index contributed by atoms with van der Waals surface area (Å²) in [5.74, 6) is 0.523. The molecule has 76 valence electrons. The first kappa shape index (κ1) is 9.39. The Morgan fingerprint density at radius 1 is 1.47 bits per heavy atom. The maximum Gasteiger partial charge on any atom is 0.213 e. The molecular formula is C10H9N3O2. The van der Waals surface area contributed by atoms with Crippen LogP contribution in [-0.2, 0) is 0 Å². The highest BCUT2D eigenvalue weighted by molar-refractivity contribution is 5.75. The molecule has 1 N–H and O–H groups in total. The molecule has 0 spiro atoms. The number of carbonyl (C=O) groups is 1. The highest BCUT2D eigenvalue weighted by atomic mass is 16.5. The van der Waals surface area contributed by atoms with Crippen molar-refractivity contribution in [2.75, 3.05) is 7.11 Å². The molecule has 0 aliphatic heterocycles. The van der Waals surface area contributed by atoms with Crippen LogP contribution in [0, 0.1) is 0 Å². The summed E-state index contributed by atoms with van der Waals surface area (Å²) in [6.07, 6.45) is 2.33. The monoisotopic (exact) mass is 203 g/mol. The average Bonchev–Trinajstić information content (AvgIpc) is 2.78. The van der Waals surface area contributed by atoms with Gasteiger partial charge < -0.3 is 4.74 Å². The molecule has 0 radical (unpaired) electrons. The summed E-state index contributed by atoms with van der Waals surface area (Å²) >= 11 is 0. The summed E-state index contributed by atoms with van der Waals surface area (Å²) in [5.41, 5.74) is 2.01. The van der Waals surface area contributed by atoms with Gasteiger partial charge in [0.15, 0.2) is 6.29 Å². The number of nitrogens with zero attached hydrogens (tertiary/aromatic N) is 2. The molecule has 2 aromatic rings. The SMILES string of the molecule is COc1cc(-c2cc(C=O)n[nH]2)ccn1. The van der Waals surface area contributed by atoms with E-state index in [1.165, 1.54) is 0 Å². The van der Waals surface area contributed by atoms with Crippen LogP contribution in [0.4, 0.5) is 0 Å². The number of ether oxygens (including phenoxy) is 1. The normalized spacial score (nSPS) is 9.93. The Morgan fingerprint density at radius 3 is 3.00 bits per heavy atom. The minimum absolute atomic E-state index is 0.376. The standard InChI is InChI=1S/C10H9N3O2/c1-15-10-4-7(2-3-11-10)9-5-8(6-14)12-13-9/h2-6H,1H3,(H,12,13). The molecule has 2 aromatic heterocycles. The molecule has 0 bridgehead atoms. The van der Waals surface area contributed by atoms with Gasteiger partial charge in [-0.05, 0) is 12.1 Å². The van der Waals surface area contributed by atoms with Gasteiger partial charge in [-0.25, -0.2) is 4.98 Å². The van der Waals surface area contributed by atoms with Crippen LogP contribution in [0.3, 0.4) is 0 Å². The van der Waals surface area contributed by atoms with E-state index in [4.69, 9.17) is 4.74 Å². The summed E-state index contributed by atoms with van der Waals surface area (Å²) in [4.78, 5) is 14.4.